The Morgan fingerprint density at radius 1 is 1.32 bits per heavy atom. The third kappa shape index (κ3) is 2.54. The molecule has 19 heavy (non-hydrogen) atoms. The summed E-state index contributed by atoms with van der Waals surface area (Å²) in [4.78, 5) is 15.7. The molecule has 0 aliphatic heterocycles. The van der Waals surface area contributed by atoms with Crippen LogP contribution in [0.25, 0.3) is 10.6 Å². The maximum absolute atomic E-state index is 11.2. The van der Waals surface area contributed by atoms with E-state index < -0.39 is 11.4 Å². The van der Waals surface area contributed by atoms with Gasteiger partial charge in [-0.25, -0.2) is 4.98 Å². The molecule has 1 aromatic heterocycles. The number of rotatable bonds is 3. The lowest BCUT2D eigenvalue weighted by molar-refractivity contribution is -0.142. The van der Waals surface area contributed by atoms with Crippen LogP contribution < -0.4 is 0 Å². The van der Waals surface area contributed by atoms with Crippen molar-refractivity contribution >= 4 is 17.3 Å². The molecule has 1 N–H and O–H groups in total. The summed E-state index contributed by atoms with van der Waals surface area (Å²) in [6.07, 6.45) is 0. The number of aromatic nitrogens is 1. The zero-order chi connectivity index (χ0) is 14.2. The summed E-state index contributed by atoms with van der Waals surface area (Å²) in [6, 6.07) is 6.20. The van der Waals surface area contributed by atoms with Crippen LogP contribution in [0.1, 0.15) is 30.7 Å². The fourth-order valence-corrected chi connectivity index (χ4v) is 2.93. The lowest BCUT2D eigenvalue weighted by Crippen LogP contribution is -2.28. The third-order valence-electron chi connectivity index (χ3n) is 3.29. The average molecular weight is 275 g/mol. The Balaban J connectivity index is 2.44. The Morgan fingerprint density at radius 3 is 2.58 bits per heavy atom. The molecule has 2 aromatic rings. The Bertz CT molecular complexity index is 629. The van der Waals surface area contributed by atoms with Gasteiger partial charge in [-0.3, -0.25) is 4.79 Å². The maximum atomic E-state index is 11.2. The van der Waals surface area contributed by atoms with Gasteiger partial charge in [0, 0.05) is 10.9 Å². The lowest BCUT2D eigenvalue weighted by atomic mass is 9.90. The first kappa shape index (κ1) is 13.7. The smallest absolute Gasteiger partial charge is 0.315 e. The predicted octanol–water partition coefficient (Wildman–Crippen LogP) is 3.79. The molecule has 0 atom stereocenters. The van der Waals surface area contributed by atoms with E-state index >= 15 is 0 Å². The molecule has 0 spiro atoms. The third-order valence-corrected chi connectivity index (χ3v) is 4.17. The second kappa shape index (κ2) is 4.78. The minimum atomic E-state index is -0.951. The lowest BCUT2D eigenvalue weighted by Gasteiger charge is -2.15. The van der Waals surface area contributed by atoms with Crippen LogP contribution in [0.5, 0.6) is 0 Å². The molecular formula is C15H17NO2S. The highest BCUT2D eigenvalue weighted by Gasteiger charge is 2.32. The van der Waals surface area contributed by atoms with Crippen molar-refractivity contribution in [1.29, 1.82) is 0 Å². The van der Waals surface area contributed by atoms with Gasteiger partial charge in [-0.15, -0.1) is 11.3 Å². The van der Waals surface area contributed by atoms with Gasteiger partial charge >= 0.3 is 5.97 Å². The molecule has 0 saturated carbocycles. The Labute approximate surface area is 116 Å². The van der Waals surface area contributed by atoms with E-state index in [4.69, 9.17) is 0 Å². The number of aryl methyl sites for hydroxylation is 2. The number of aliphatic carboxylic acids is 1. The monoisotopic (exact) mass is 275 g/mol. The molecule has 0 aliphatic carbocycles. The molecular weight excluding hydrogens is 258 g/mol. The average Bonchev–Trinajstić information content (AvgIpc) is 2.78. The van der Waals surface area contributed by atoms with Crippen LogP contribution in [0, 0.1) is 13.8 Å². The topological polar surface area (TPSA) is 50.2 Å². The van der Waals surface area contributed by atoms with E-state index in [0.717, 1.165) is 16.1 Å². The summed E-state index contributed by atoms with van der Waals surface area (Å²) in [7, 11) is 0. The van der Waals surface area contributed by atoms with Crippen LogP contribution in [0.15, 0.2) is 23.6 Å². The van der Waals surface area contributed by atoms with Gasteiger partial charge in [0.05, 0.1) is 5.69 Å². The van der Waals surface area contributed by atoms with Gasteiger partial charge in [0.15, 0.2) is 0 Å². The van der Waals surface area contributed by atoms with E-state index in [1.54, 1.807) is 13.8 Å². The molecule has 0 fully saturated rings. The van der Waals surface area contributed by atoms with Crippen molar-refractivity contribution < 1.29 is 9.90 Å². The molecule has 0 unspecified atom stereocenters. The van der Waals surface area contributed by atoms with Crippen LogP contribution in [0.2, 0.25) is 0 Å². The second-order valence-electron chi connectivity index (χ2n) is 5.29. The molecule has 0 aliphatic rings. The molecule has 4 heteroatoms. The van der Waals surface area contributed by atoms with Crippen LogP contribution in [0.3, 0.4) is 0 Å². The van der Waals surface area contributed by atoms with Gasteiger partial charge in [-0.2, -0.15) is 0 Å². The number of carboxylic acids is 1. The van der Waals surface area contributed by atoms with E-state index in [9.17, 15) is 9.90 Å². The summed E-state index contributed by atoms with van der Waals surface area (Å²) in [6.45, 7) is 7.45. The summed E-state index contributed by atoms with van der Waals surface area (Å²) in [5, 5.41) is 11.9. The zero-order valence-electron chi connectivity index (χ0n) is 11.5. The highest BCUT2D eigenvalue weighted by molar-refractivity contribution is 7.13. The van der Waals surface area contributed by atoms with Crippen LogP contribution in [-0.2, 0) is 10.2 Å². The van der Waals surface area contributed by atoms with Crippen molar-refractivity contribution in [3.63, 3.8) is 0 Å². The molecule has 0 amide bonds. The standard InChI is InChI=1S/C15H17NO2S/c1-9-5-6-11(10(2)7-9)13-16-12(8-19-13)15(3,4)14(17)18/h5-8H,1-4H3,(H,17,18). The Morgan fingerprint density at radius 2 is 2.00 bits per heavy atom. The van der Waals surface area contributed by atoms with Gasteiger partial charge in [-0.05, 0) is 33.3 Å². The van der Waals surface area contributed by atoms with Crippen LogP contribution >= 0.6 is 11.3 Å². The number of benzene rings is 1. The van der Waals surface area contributed by atoms with Gasteiger partial charge in [-0.1, -0.05) is 23.8 Å². The normalized spacial score (nSPS) is 11.6. The van der Waals surface area contributed by atoms with E-state index in [2.05, 4.69) is 18.0 Å². The highest BCUT2D eigenvalue weighted by Crippen LogP contribution is 2.32. The minimum Gasteiger partial charge on any atom is -0.481 e. The molecule has 3 nitrogen and oxygen atoms in total. The zero-order valence-corrected chi connectivity index (χ0v) is 12.3. The van der Waals surface area contributed by atoms with Gasteiger partial charge in [0.1, 0.15) is 10.4 Å². The van der Waals surface area contributed by atoms with E-state index in [1.807, 2.05) is 24.4 Å². The first-order chi connectivity index (χ1) is 8.82. The number of thiazole rings is 1. The van der Waals surface area contributed by atoms with Gasteiger partial charge in [0.25, 0.3) is 0 Å². The van der Waals surface area contributed by atoms with E-state index in [0.29, 0.717) is 5.69 Å². The number of nitrogens with zero attached hydrogens (tertiary/aromatic N) is 1. The first-order valence-electron chi connectivity index (χ1n) is 6.09. The molecule has 1 heterocycles. The van der Waals surface area contributed by atoms with Crippen molar-refractivity contribution in [2.45, 2.75) is 33.1 Å². The van der Waals surface area contributed by atoms with Gasteiger partial charge < -0.3 is 5.11 Å². The molecule has 1 aromatic carbocycles. The fourth-order valence-electron chi connectivity index (χ4n) is 1.85. The van der Waals surface area contributed by atoms with Crippen molar-refractivity contribution in [1.82, 2.24) is 4.98 Å². The van der Waals surface area contributed by atoms with Crippen LogP contribution in [-0.4, -0.2) is 16.1 Å². The second-order valence-corrected chi connectivity index (χ2v) is 6.14. The van der Waals surface area contributed by atoms with Crippen molar-refractivity contribution in [2.75, 3.05) is 0 Å². The number of carboxylic acid groups (broad SMARTS) is 1. The molecule has 0 bridgehead atoms. The van der Waals surface area contributed by atoms with Crippen LogP contribution in [0.4, 0.5) is 0 Å². The minimum absolute atomic E-state index is 0.611. The fraction of sp³-hybridized carbons (Fsp3) is 0.333. The molecule has 0 radical (unpaired) electrons. The van der Waals surface area contributed by atoms with E-state index in [1.165, 1.54) is 16.9 Å². The number of carbonyl (C=O) groups is 1. The Kier molecular flexibility index (Phi) is 3.45. The summed E-state index contributed by atoms with van der Waals surface area (Å²) in [5.41, 5.74) is 3.11. The van der Waals surface area contributed by atoms with Crippen molar-refractivity contribution in [3.8, 4) is 10.6 Å². The summed E-state index contributed by atoms with van der Waals surface area (Å²) < 4.78 is 0. The predicted molar refractivity (Wildman–Crippen MR) is 77.7 cm³/mol. The summed E-state index contributed by atoms with van der Waals surface area (Å²) in [5.74, 6) is -0.857. The van der Waals surface area contributed by atoms with Crippen molar-refractivity contribution in [2.24, 2.45) is 0 Å². The number of hydrogen-bond acceptors (Lipinski definition) is 3. The first-order valence-corrected chi connectivity index (χ1v) is 6.97. The molecule has 0 saturated heterocycles. The number of hydrogen-bond donors (Lipinski definition) is 1. The highest BCUT2D eigenvalue weighted by atomic mass is 32.1. The molecule has 2 rings (SSSR count). The summed E-state index contributed by atoms with van der Waals surface area (Å²) >= 11 is 1.49. The van der Waals surface area contributed by atoms with Crippen molar-refractivity contribution in [3.05, 3.63) is 40.4 Å². The van der Waals surface area contributed by atoms with Gasteiger partial charge in [0.2, 0.25) is 0 Å². The molecule has 100 valence electrons. The largest absolute Gasteiger partial charge is 0.481 e. The van der Waals surface area contributed by atoms with E-state index in [-0.39, 0.29) is 0 Å². The SMILES string of the molecule is Cc1ccc(-c2nc(C(C)(C)C(=O)O)cs2)c(C)c1. The quantitative estimate of drug-likeness (QED) is 0.927. The maximum Gasteiger partial charge on any atom is 0.315 e. The Hall–Kier alpha value is -1.68.